The van der Waals surface area contributed by atoms with E-state index in [-0.39, 0.29) is 17.9 Å². The van der Waals surface area contributed by atoms with E-state index in [2.05, 4.69) is 18.3 Å². The largest absolute Gasteiger partial charge is 0.379 e. The van der Waals surface area contributed by atoms with Crippen LogP contribution in [-0.2, 0) is 9.53 Å². The summed E-state index contributed by atoms with van der Waals surface area (Å²) in [7, 11) is 0. The van der Waals surface area contributed by atoms with Crippen LogP contribution >= 0.6 is 0 Å². The van der Waals surface area contributed by atoms with Crippen LogP contribution in [0.4, 0.5) is 0 Å². The van der Waals surface area contributed by atoms with Crippen molar-refractivity contribution in [3.63, 3.8) is 0 Å². The van der Waals surface area contributed by atoms with Crippen molar-refractivity contribution >= 4 is 5.91 Å². The maximum atomic E-state index is 12.4. The Labute approximate surface area is 109 Å². The maximum Gasteiger partial charge on any atom is 0.229 e. The monoisotopic (exact) mass is 253 g/mol. The molecule has 1 aliphatic heterocycles. The number of carbonyl (C=O) groups excluding carboxylic acids is 1. The van der Waals surface area contributed by atoms with Crippen LogP contribution in [0.15, 0.2) is 0 Å². The van der Waals surface area contributed by atoms with Crippen molar-refractivity contribution in [2.24, 2.45) is 5.92 Å². The van der Waals surface area contributed by atoms with Crippen LogP contribution in [0, 0.1) is 17.2 Å². The molecule has 1 rings (SSSR count). The Morgan fingerprint density at radius 1 is 1.50 bits per heavy atom. The van der Waals surface area contributed by atoms with Crippen LogP contribution in [0.2, 0.25) is 0 Å². The highest BCUT2D eigenvalue weighted by Gasteiger charge is 2.35. The third kappa shape index (κ3) is 3.97. The maximum absolute atomic E-state index is 12.4. The summed E-state index contributed by atoms with van der Waals surface area (Å²) in [5.41, 5.74) is 0. The second-order valence-electron chi connectivity index (χ2n) is 4.53. The third-order valence-corrected chi connectivity index (χ3v) is 3.24. The lowest BCUT2D eigenvalue weighted by molar-refractivity contribution is -0.135. The molecule has 2 unspecified atom stereocenters. The van der Waals surface area contributed by atoms with Crippen LogP contribution < -0.4 is 5.32 Å². The molecule has 0 aromatic heterocycles. The molecular formula is C13H23N3O2. The van der Waals surface area contributed by atoms with Crippen LogP contribution in [0.5, 0.6) is 0 Å². The van der Waals surface area contributed by atoms with Crippen LogP contribution in [-0.4, -0.2) is 49.7 Å². The highest BCUT2D eigenvalue weighted by atomic mass is 16.5. The summed E-state index contributed by atoms with van der Waals surface area (Å²) >= 11 is 0. The minimum atomic E-state index is -0.102. The Hall–Kier alpha value is -1.12. The van der Waals surface area contributed by atoms with Crippen LogP contribution in [0.3, 0.4) is 0 Å². The second kappa shape index (κ2) is 8.06. The molecule has 1 heterocycles. The van der Waals surface area contributed by atoms with E-state index in [0.717, 1.165) is 13.0 Å². The topological polar surface area (TPSA) is 65.4 Å². The molecule has 1 amide bonds. The molecule has 0 aliphatic carbocycles. The molecule has 5 nitrogen and oxygen atoms in total. The molecule has 0 spiro atoms. The minimum absolute atomic E-state index is 0.102. The Morgan fingerprint density at radius 3 is 2.89 bits per heavy atom. The predicted molar refractivity (Wildman–Crippen MR) is 68.9 cm³/mol. The van der Waals surface area contributed by atoms with Gasteiger partial charge in [0.15, 0.2) is 0 Å². The van der Waals surface area contributed by atoms with E-state index in [1.807, 2.05) is 6.92 Å². The number of hydrogen-bond donors (Lipinski definition) is 1. The number of carbonyl (C=O) groups is 1. The summed E-state index contributed by atoms with van der Waals surface area (Å²) in [6.07, 6.45) is 1.43. The fourth-order valence-corrected chi connectivity index (χ4v) is 2.17. The summed E-state index contributed by atoms with van der Waals surface area (Å²) < 4.78 is 5.41. The van der Waals surface area contributed by atoms with Crippen molar-refractivity contribution in [3.05, 3.63) is 0 Å². The van der Waals surface area contributed by atoms with Gasteiger partial charge in [-0.05, 0) is 19.9 Å². The van der Waals surface area contributed by atoms with E-state index in [1.54, 1.807) is 4.90 Å². The van der Waals surface area contributed by atoms with Gasteiger partial charge >= 0.3 is 0 Å². The average molecular weight is 253 g/mol. The molecule has 1 fully saturated rings. The van der Waals surface area contributed by atoms with Gasteiger partial charge in [-0.2, -0.15) is 5.26 Å². The Bertz CT molecular complexity index is 301. The zero-order chi connectivity index (χ0) is 13.4. The lowest BCUT2D eigenvalue weighted by Crippen LogP contribution is -2.46. The van der Waals surface area contributed by atoms with Gasteiger partial charge in [-0.25, -0.2) is 0 Å². The number of ether oxygens (including phenoxy) is 1. The van der Waals surface area contributed by atoms with Crippen LogP contribution in [0.25, 0.3) is 0 Å². The SMILES string of the molecule is CCCNC1COCC1C(=O)N(CC)CCC#N. The zero-order valence-electron chi connectivity index (χ0n) is 11.3. The molecule has 18 heavy (non-hydrogen) atoms. The summed E-state index contributed by atoms with van der Waals surface area (Å²) in [5.74, 6) is 0.00838. The normalized spacial score (nSPS) is 22.7. The van der Waals surface area contributed by atoms with Crippen molar-refractivity contribution in [2.45, 2.75) is 32.7 Å². The van der Waals surface area contributed by atoms with Gasteiger partial charge in [-0.3, -0.25) is 4.79 Å². The highest BCUT2D eigenvalue weighted by Crippen LogP contribution is 2.17. The Morgan fingerprint density at radius 2 is 2.28 bits per heavy atom. The van der Waals surface area contributed by atoms with Gasteiger partial charge in [0.25, 0.3) is 0 Å². The molecule has 0 aromatic carbocycles. The summed E-state index contributed by atoms with van der Waals surface area (Å²) in [6.45, 7) is 7.21. The van der Waals surface area contributed by atoms with Gasteiger partial charge in [-0.1, -0.05) is 6.92 Å². The molecule has 102 valence electrons. The van der Waals surface area contributed by atoms with E-state index in [0.29, 0.717) is 32.7 Å². The smallest absolute Gasteiger partial charge is 0.229 e. The molecule has 0 aromatic rings. The lowest BCUT2D eigenvalue weighted by atomic mass is 10.0. The van der Waals surface area contributed by atoms with E-state index in [1.165, 1.54) is 0 Å². The van der Waals surface area contributed by atoms with Gasteiger partial charge in [0, 0.05) is 19.1 Å². The number of nitrogens with one attached hydrogen (secondary N) is 1. The first-order chi connectivity index (χ1) is 8.74. The van der Waals surface area contributed by atoms with Crippen molar-refractivity contribution in [1.82, 2.24) is 10.2 Å². The molecule has 0 radical (unpaired) electrons. The van der Waals surface area contributed by atoms with Crippen molar-refractivity contribution in [1.29, 1.82) is 5.26 Å². The molecular weight excluding hydrogens is 230 g/mol. The van der Waals surface area contributed by atoms with Crippen LogP contribution in [0.1, 0.15) is 26.7 Å². The third-order valence-electron chi connectivity index (χ3n) is 3.24. The number of nitriles is 1. The second-order valence-corrected chi connectivity index (χ2v) is 4.53. The Kier molecular flexibility index (Phi) is 6.69. The van der Waals surface area contributed by atoms with Crippen molar-refractivity contribution < 1.29 is 9.53 Å². The zero-order valence-corrected chi connectivity index (χ0v) is 11.3. The molecule has 0 saturated carbocycles. The van der Waals surface area contributed by atoms with E-state index in [4.69, 9.17) is 10.00 Å². The van der Waals surface area contributed by atoms with E-state index in [9.17, 15) is 4.79 Å². The summed E-state index contributed by atoms with van der Waals surface area (Å²) in [5, 5.41) is 12.0. The van der Waals surface area contributed by atoms with Gasteiger partial charge in [0.1, 0.15) is 0 Å². The van der Waals surface area contributed by atoms with Gasteiger partial charge in [0.2, 0.25) is 5.91 Å². The number of nitrogens with zero attached hydrogens (tertiary/aromatic N) is 2. The summed E-state index contributed by atoms with van der Waals surface area (Å²) in [4.78, 5) is 14.1. The molecule has 1 aliphatic rings. The first kappa shape index (κ1) is 14.9. The van der Waals surface area contributed by atoms with Gasteiger partial charge < -0.3 is 15.0 Å². The summed E-state index contributed by atoms with van der Waals surface area (Å²) in [6, 6.07) is 2.20. The van der Waals surface area contributed by atoms with Crippen molar-refractivity contribution in [3.8, 4) is 6.07 Å². The standard InChI is InChI=1S/C13H23N3O2/c1-3-7-15-12-10-18-9-11(12)13(17)16(4-2)8-5-6-14/h11-12,15H,3-5,7-10H2,1-2H3. The molecule has 1 saturated heterocycles. The lowest BCUT2D eigenvalue weighted by Gasteiger charge is -2.26. The first-order valence-electron chi connectivity index (χ1n) is 6.71. The minimum Gasteiger partial charge on any atom is -0.379 e. The van der Waals surface area contributed by atoms with Gasteiger partial charge in [0.05, 0.1) is 31.6 Å². The first-order valence-corrected chi connectivity index (χ1v) is 6.71. The Balaban J connectivity index is 2.54. The van der Waals surface area contributed by atoms with E-state index >= 15 is 0 Å². The number of hydrogen-bond acceptors (Lipinski definition) is 4. The predicted octanol–water partition coefficient (Wildman–Crippen LogP) is 0.763. The fourth-order valence-electron chi connectivity index (χ4n) is 2.17. The number of rotatable bonds is 7. The molecule has 0 bridgehead atoms. The quantitative estimate of drug-likeness (QED) is 0.727. The number of amides is 1. The highest BCUT2D eigenvalue weighted by molar-refractivity contribution is 5.80. The molecule has 2 atom stereocenters. The van der Waals surface area contributed by atoms with Crippen molar-refractivity contribution in [2.75, 3.05) is 32.8 Å². The fraction of sp³-hybridized carbons (Fsp3) is 0.846. The average Bonchev–Trinajstić information content (AvgIpc) is 2.85. The van der Waals surface area contributed by atoms with Gasteiger partial charge in [-0.15, -0.1) is 0 Å². The van der Waals surface area contributed by atoms with E-state index < -0.39 is 0 Å². The molecule has 5 heteroatoms. The molecule has 1 N–H and O–H groups in total.